The summed E-state index contributed by atoms with van der Waals surface area (Å²) in [5.74, 6) is 1.54. The molecule has 4 rings (SSSR count). The molecule has 0 spiro atoms. The van der Waals surface area contributed by atoms with Crippen LogP contribution in [-0.4, -0.2) is 27.2 Å². The molecule has 5 N–H and O–H groups in total. The predicted molar refractivity (Wildman–Crippen MR) is 115 cm³/mol. The summed E-state index contributed by atoms with van der Waals surface area (Å²) in [7, 11) is 0. The first-order valence-corrected chi connectivity index (χ1v) is 10.7. The van der Waals surface area contributed by atoms with Crippen molar-refractivity contribution in [3.05, 3.63) is 40.4 Å². The van der Waals surface area contributed by atoms with Crippen molar-refractivity contribution in [1.29, 1.82) is 0 Å². The Morgan fingerprint density at radius 1 is 1.11 bits per heavy atom. The lowest BCUT2D eigenvalue weighted by Crippen LogP contribution is -2.28. The lowest BCUT2D eigenvalue weighted by Gasteiger charge is -2.26. The van der Waals surface area contributed by atoms with Crippen molar-refractivity contribution >= 4 is 54.3 Å². The first-order valence-electron chi connectivity index (χ1n) is 9.08. The standard InChI is InChI=1S/C19H22BrN5OS/c20-12-1-6-15-16(9-12)27-19(23-15)25-18-8-11(10-21)7-17(24-18)22-13-2-4-14(26)5-3-13/h1,6-9,13-14,26H,2-5,10,21H2,(H2,22,23,24,25)/t13-,14-. The summed E-state index contributed by atoms with van der Waals surface area (Å²) in [6.07, 6.45) is 3.40. The van der Waals surface area contributed by atoms with Crippen molar-refractivity contribution in [3.63, 3.8) is 0 Å². The molecule has 0 radical (unpaired) electrons. The highest BCUT2D eigenvalue weighted by Crippen LogP contribution is 2.31. The molecule has 1 aliphatic rings. The molecule has 1 aromatic carbocycles. The molecular weight excluding hydrogens is 426 g/mol. The number of hydrogen-bond acceptors (Lipinski definition) is 7. The van der Waals surface area contributed by atoms with Gasteiger partial charge in [0.15, 0.2) is 5.13 Å². The Morgan fingerprint density at radius 2 is 1.89 bits per heavy atom. The summed E-state index contributed by atoms with van der Waals surface area (Å²) in [6, 6.07) is 10.3. The second-order valence-corrected chi connectivity index (χ2v) is 8.80. The van der Waals surface area contributed by atoms with Gasteiger partial charge in [0.05, 0.1) is 16.3 Å². The molecule has 0 unspecified atom stereocenters. The number of thiazole rings is 1. The molecule has 0 bridgehead atoms. The van der Waals surface area contributed by atoms with Gasteiger partial charge in [-0.25, -0.2) is 9.97 Å². The fourth-order valence-electron chi connectivity index (χ4n) is 3.33. The Balaban J connectivity index is 1.54. The maximum Gasteiger partial charge on any atom is 0.189 e. The summed E-state index contributed by atoms with van der Waals surface area (Å²) in [4.78, 5) is 9.32. The highest BCUT2D eigenvalue weighted by atomic mass is 79.9. The topological polar surface area (TPSA) is 96.1 Å². The van der Waals surface area contributed by atoms with Gasteiger partial charge in [-0.05, 0) is 61.6 Å². The lowest BCUT2D eigenvalue weighted by molar-refractivity contribution is 0.126. The van der Waals surface area contributed by atoms with Crippen molar-refractivity contribution in [3.8, 4) is 0 Å². The number of nitrogens with one attached hydrogen (secondary N) is 2. The molecule has 6 nitrogen and oxygen atoms in total. The molecule has 1 saturated carbocycles. The molecule has 3 aromatic rings. The van der Waals surface area contributed by atoms with Gasteiger partial charge in [-0.15, -0.1) is 0 Å². The van der Waals surface area contributed by atoms with Crippen LogP contribution in [0.4, 0.5) is 16.8 Å². The van der Waals surface area contributed by atoms with Crippen LogP contribution < -0.4 is 16.4 Å². The zero-order valence-corrected chi connectivity index (χ0v) is 17.2. The van der Waals surface area contributed by atoms with Gasteiger partial charge < -0.3 is 21.5 Å². The van der Waals surface area contributed by atoms with Crippen LogP contribution in [0.3, 0.4) is 0 Å². The molecule has 8 heteroatoms. The average molecular weight is 448 g/mol. The van der Waals surface area contributed by atoms with E-state index in [0.29, 0.717) is 12.6 Å². The highest BCUT2D eigenvalue weighted by Gasteiger charge is 2.19. The van der Waals surface area contributed by atoms with E-state index in [9.17, 15) is 5.11 Å². The van der Waals surface area contributed by atoms with Gasteiger partial charge in [-0.1, -0.05) is 27.3 Å². The van der Waals surface area contributed by atoms with Crippen LogP contribution in [0.25, 0.3) is 10.2 Å². The second-order valence-electron chi connectivity index (χ2n) is 6.86. The number of hydrogen-bond donors (Lipinski definition) is 4. The van der Waals surface area contributed by atoms with Crippen LogP contribution in [0.15, 0.2) is 34.8 Å². The fourth-order valence-corrected chi connectivity index (χ4v) is 4.76. The van der Waals surface area contributed by atoms with Crippen LogP contribution in [0.1, 0.15) is 31.2 Å². The van der Waals surface area contributed by atoms with Gasteiger partial charge in [-0.2, -0.15) is 0 Å². The molecule has 0 saturated heterocycles. The number of aliphatic hydroxyl groups is 1. The highest BCUT2D eigenvalue weighted by molar-refractivity contribution is 9.10. The maximum atomic E-state index is 9.68. The van der Waals surface area contributed by atoms with Crippen LogP contribution in [0.5, 0.6) is 0 Å². The second kappa shape index (κ2) is 8.10. The van der Waals surface area contributed by atoms with Crippen molar-refractivity contribution < 1.29 is 5.11 Å². The molecular formula is C19H22BrN5OS. The minimum Gasteiger partial charge on any atom is -0.393 e. The van der Waals surface area contributed by atoms with Crippen molar-refractivity contribution in [2.75, 3.05) is 10.6 Å². The summed E-state index contributed by atoms with van der Waals surface area (Å²) in [5.41, 5.74) is 7.84. The third-order valence-electron chi connectivity index (χ3n) is 4.76. The van der Waals surface area contributed by atoms with Gasteiger partial charge in [-0.3, -0.25) is 0 Å². The molecule has 2 aromatic heterocycles. The predicted octanol–water partition coefficient (Wildman–Crippen LogP) is 4.37. The smallest absolute Gasteiger partial charge is 0.189 e. The first kappa shape index (κ1) is 18.6. The molecule has 0 atom stereocenters. The quantitative estimate of drug-likeness (QED) is 0.463. The number of halogens is 1. The number of benzene rings is 1. The molecule has 0 aliphatic heterocycles. The Kier molecular flexibility index (Phi) is 5.58. The number of nitrogens with zero attached hydrogens (tertiary/aromatic N) is 2. The minimum atomic E-state index is -0.164. The van der Waals surface area contributed by atoms with Crippen LogP contribution in [-0.2, 0) is 6.54 Å². The summed E-state index contributed by atoms with van der Waals surface area (Å²) >= 11 is 5.09. The fraction of sp³-hybridized carbons (Fsp3) is 0.368. The van der Waals surface area contributed by atoms with Gasteiger partial charge >= 0.3 is 0 Å². The van der Waals surface area contributed by atoms with E-state index in [-0.39, 0.29) is 6.10 Å². The van der Waals surface area contributed by atoms with E-state index in [1.54, 1.807) is 11.3 Å². The van der Waals surface area contributed by atoms with E-state index in [1.165, 1.54) is 0 Å². The van der Waals surface area contributed by atoms with Gasteiger partial charge in [0.25, 0.3) is 0 Å². The van der Waals surface area contributed by atoms with Crippen molar-refractivity contribution in [2.45, 2.75) is 44.4 Å². The van der Waals surface area contributed by atoms with E-state index >= 15 is 0 Å². The lowest BCUT2D eigenvalue weighted by atomic mass is 9.93. The Bertz CT molecular complexity index is 939. The van der Waals surface area contributed by atoms with E-state index < -0.39 is 0 Å². The third kappa shape index (κ3) is 4.57. The van der Waals surface area contributed by atoms with E-state index in [2.05, 4.69) is 37.6 Å². The van der Waals surface area contributed by atoms with E-state index in [4.69, 9.17) is 10.7 Å². The molecule has 1 fully saturated rings. The number of nitrogens with two attached hydrogens (primary N) is 1. The number of fused-ring (bicyclic) bond motifs is 1. The normalized spacial score (nSPS) is 20.0. The number of pyridine rings is 1. The Labute approximate surface area is 170 Å². The van der Waals surface area contributed by atoms with Crippen LogP contribution in [0.2, 0.25) is 0 Å². The zero-order valence-electron chi connectivity index (χ0n) is 14.8. The average Bonchev–Trinajstić information content (AvgIpc) is 3.04. The van der Waals surface area contributed by atoms with Gasteiger partial charge in [0.1, 0.15) is 11.6 Å². The van der Waals surface area contributed by atoms with Crippen molar-refractivity contribution in [1.82, 2.24) is 9.97 Å². The van der Waals surface area contributed by atoms with E-state index in [1.807, 2.05) is 24.3 Å². The summed E-state index contributed by atoms with van der Waals surface area (Å²) in [5, 5.41) is 17.3. The Hall–Kier alpha value is -1.74. The third-order valence-corrected chi connectivity index (χ3v) is 6.18. The molecule has 27 heavy (non-hydrogen) atoms. The monoisotopic (exact) mass is 447 g/mol. The number of anilines is 3. The molecule has 0 amide bonds. The zero-order chi connectivity index (χ0) is 18.8. The van der Waals surface area contributed by atoms with Crippen LogP contribution in [0, 0.1) is 0 Å². The SMILES string of the molecule is NCc1cc(Nc2nc3ccc(Br)cc3s2)nc(N[C@H]2CC[C@H](O)CC2)c1. The van der Waals surface area contributed by atoms with E-state index in [0.717, 1.165) is 62.7 Å². The molecule has 2 heterocycles. The maximum absolute atomic E-state index is 9.68. The van der Waals surface area contributed by atoms with Gasteiger partial charge in [0.2, 0.25) is 0 Å². The molecule has 142 valence electrons. The first-order chi connectivity index (χ1) is 13.1. The van der Waals surface area contributed by atoms with Crippen LogP contribution >= 0.6 is 27.3 Å². The number of aliphatic hydroxyl groups excluding tert-OH is 1. The Morgan fingerprint density at radius 3 is 2.67 bits per heavy atom. The minimum absolute atomic E-state index is 0.164. The van der Waals surface area contributed by atoms with Crippen molar-refractivity contribution in [2.24, 2.45) is 5.73 Å². The molecule has 1 aliphatic carbocycles. The number of aromatic nitrogens is 2. The van der Waals surface area contributed by atoms with Gasteiger partial charge in [0, 0.05) is 17.1 Å². The summed E-state index contributed by atoms with van der Waals surface area (Å²) in [6.45, 7) is 0.446. The number of rotatable bonds is 5. The largest absolute Gasteiger partial charge is 0.393 e. The summed E-state index contributed by atoms with van der Waals surface area (Å²) < 4.78 is 2.15.